The molecule has 0 atom stereocenters. The highest BCUT2D eigenvalue weighted by Crippen LogP contribution is 2.36. The van der Waals surface area contributed by atoms with Gasteiger partial charge in [0, 0.05) is 10.8 Å². The average molecular weight is 379 g/mol. The summed E-state index contributed by atoms with van der Waals surface area (Å²) in [4.78, 5) is 10.1. The summed E-state index contributed by atoms with van der Waals surface area (Å²) in [5.41, 5.74) is 6.89. The van der Waals surface area contributed by atoms with E-state index in [-0.39, 0.29) is 0 Å². The standard InChI is InChI=1S/C24H17N3S/c1-14-11-12-15(2)22-21(14)26-24(28-22)23-25-18-9-5-4-8-17(18)20-13-16-7-3-6-10-19(16)27(20)23/h3-13H,1-2H3. The van der Waals surface area contributed by atoms with E-state index in [0.29, 0.717) is 0 Å². The molecule has 0 radical (unpaired) electrons. The zero-order valence-electron chi connectivity index (χ0n) is 15.6. The molecule has 4 heteroatoms. The van der Waals surface area contributed by atoms with Gasteiger partial charge in [-0.1, -0.05) is 48.5 Å². The van der Waals surface area contributed by atoms with Crippen LogP contribution >= 0.6 is 11.3 Å². The van der Waals surface area contributed by atoms with Crippen LogP contribution in [0.2, 0.25) is 0 Å². The van der Waals surface area contributed by atoms with E-state index in [2.05, 4.69) is 78.9 Å². The van der Waals surface area contributed by atoms with Crippen molar-refractivity contribution in [3.05, 3.63) is 77.9 Å². The van der Waals surface area contributed by atoms with Crippen LogP contribution in [0.1, 0.15) is 11.1 Å². The summed E-state index contributed by atoms with van der Waals surface area (Å²) >= 11 is 1.73. The number of nitrogens with zero attached hydrogens (tertiary/aromatic N) is 3. The first kappa shape index (κ1) is 15.8. The van der Waals surface area contributed by atoms with Crippen molar-refractivity contribution in [2.24, 2.45) is 0 Å². The summed E-state index contributed by atoms with van der Waals surface area (Å²) in [5, 5.41) is 3.34. The van der Waals surface area contributed by atoms with Gasteiger partial charge in [0.15, 0.2) is 10.8 Å². The Kier molecular flexibility index (Phi) is 3.17. The van der Waals surface area contributed by atoms with E-state index in [1.165, 1.54) is 32.2 Å². The Morgan fingerprint density at radius 3 is 2.46 bits per heavy atom. The molecule has 3 nitrogen and oxygen atoms in total. The van der Waals surface area contributed by atoms with E-state index in [4.69, 9.17) is 9.97 Å². The number of hydrogen-bond acceptors (Lipinski definition) is 3. The zero-order chi connectivity index (χ0) is 18.8. The third-order valence-corrected chi connectivity index (χ3v) is 6.65. The number of para-hydroxylation sites is 2. The minimum absolute atomic E-state index is 0.912. The normalized spacial score (nSPS) is 11.9. The number of aryl methyl sites for hydroxylation is 2. The number of thiazole rings is 1. The molecule has 0 saturated carbocycles. The number of aromatic nitrogens is 3. The fourth-order valence-corrected chi connectivity index (χ4v) is 5.12. The molecule has 0 unspecified atom stereocenters. The monoisotopic (exact) mass is 379 g/mol. The molecule has 3 heterocycles. The van der Waals surface area contributed by atoms with Crippen molar-refractivity contribution < 1.29 is 0 Å². The van der Waals surface area contributed by atoms with E-state index in [1.54, 1.807) is 11.3 Å². The smallest absolute Gasteiger partial charge is 0.174 e. The van der Waals surface area contributed by atoms with Gasteiger partial charge in [-0.15, -0.1) is 11.3 Å². The molecule has 0 amide bonds. The van der Waals surface area contributed by atoms with Gasteiger partial charge in [0.25, 0.3) is 0 Å². The van der Waals surface area contributed by atoms with Crippen LogP contribution in [0.15, 0.2) is 66.7 Å². The van der Waals surface area contributed by atoms with Crippen LogP contribution in [0.4, 0.5) is 0 Å². The van der Waals surface area contributed by atoms with Gasteiger partial charge in [-0.25, -0.2) is 9.97 Å². The molecule has 0 bridgehead atoms. The van der Waals surface area contributed by atoms with Crippen molar-refractivity contribution >= 4 is 48.9 Å². The van der Waals surface area contributed by atoms with Gasteiger partial charge in [-0.2, -0.15) is 0 Å². The predicted octanol–water partition coefficient (Wildman–Crippen LogP) is 6.53. The second-order valence-electron chi connectivity index (χ2n) is 7.27. The van der Waals surface area contributed by atoms with Crippen molar-refractivity contribution in [3.63, 3.8) is 0 Å². The lowest BCUT2D eigenvalue weighted by molar-refractivity contribution is 1.16. The van der Waals surface area contributed by atoms with Crippen molar-refractivity contribution in [1.29, 1.82) is 0 Å². The minimum Gasteiger partial charge on any atom is -0.291 e. The largest absolute Gasteiger partial charge is 0.291 e. The maximum atomic E-state index is 5.06. The van der Waals surface area contributed by atoms with Crippen LogP contribution in [-0.2, 0) is 0 Å². The molecule has 0 N–H and O–H groups in total. The van der Waals surface area contributed by atoms with Crippen molar-refractivity contribution in [2.45, 2.75) is 13.8 Å². The Bertz CT molecular complexity index is 1500. The van der Waals surface area contributed by atoms with Gasteiger partial charge in [0.2, 0.25) is 0 Å². The highest BCUT2D eigenvalue weighted by molar-refractivity contribution is 7.21. The van der Waals surface area contributed by atoms with Crippen LogP contribution in [0.5, 0.6) is 0 Å². The molecular weight excluding hydrogens is 362 g/mol. The summed E-state index contributed by atoms with van der Waals surface area (Å²) in [6.07, 6.45) is 0. The molecule has 6 aromatic rings. The fraction of sp³-hybridized carbons (Fsp3) is 0.0833. The van der Waals surface area contributed by atoms with E-state index in [9.17, 15) is 0 Å². The zero-order valence-corrected chi connectivity index (χ0v) is 16.4. The van der Waals surface area contributed by atoms with Crippen LogP contribution in [-0.4, -0.2) is 14.4 Å². The lowest BCUT2D eigenvalue weighted by Gasteiger charge is -2.07. The van der Waals surface area contributed by atoms with E-state index in [1.807, 2.05) is 6.07 Å². The van der Waals surface area contributed by atoms with Gasteiger partial charge in [0.05, 0.1) is 26.8 Å². The Morgan fingerprint density at radius 1 is 0.786 bits per heavy atom. The first-order valence-corrected chi connectivity index (χ1v) is 10.2. The Labute approximate surface area is 165 Å². The van der Waals surface area contributed by atoms with Gasteiger partial charge >= 0.3 is 0 Å². The van der Waals surface area contributed by atoms with Crippen molar-refractivity contribution in [2.75, 3.05) is 0 Å². The lowest BCUT2D eigenvalue weighted by atomic mass is 10.1. The van der Waals surface area contributed by atoms with Crippen LogP contribution in [0.25, 0.3) is 48.4 Å². The van der Waals surface area contributed by atoms with Crippen molar-refractivity contribution in [1.82, 2.24) is 14.4 Å². The number of rotatable bonds is 1. The Morgan fingerprint density at radius 2 is 1.57 bits per heavy atom. The maximum absolute atomic E-state index is 5.06. The van der Waals surface area contributed by atoms with Crippen molar-refractivity contribution in [3.8, 4) is 10.8 Å². The second-order valence-corrected chi connectivity index (χ2v) is 8.27. The maximum Gasteiger partial charge on any atom is 0.174 e. The third-order valence-electron chi connectivity index (χ3n) is 5.46. The molecule has 0 spiro atoms. The summed E-state index contributed by atoms with van der Waals surface area (Å²) in [6.45, 7) is 4.28. The van der Waals surface area contributed by atoms with Crippen LogP contribution < -0.4 is 0 Å². The van der Waals surface area contributed by atoms with Gasteiger partial charge in [-0.05, 0) is 43.2 Å². The number of benzene rings is 3. The molecule has 3 aromatic heterocycles. The molecule has 0 fully saturated rings. The molecule has 0 aliphatic rings. The third kappa shape index (κ3) is 2.09. The Hall–Kier alpha value is -3.24. The summed E-state index contributed by atoms with van der Waals surface area (Å²) in [5.74, 6) is 0.912. The number of fused-ring (bicyclic) bond motifs is 6. The Balaban J connectivity index is 1.82. The lowest BCUT2D eigenvalue weighted by Crippen LogP contribution is -1.97. The second kappa shape index (κ2) is 5.63. The molecule has 0 saturated heterocycles. The first-order chi connectivity index (χ1) is 13.7. The highest BCUT2D eigenvalue weighted by atomic mass is 32.1. The van der Waals surface area contributed by atoms with Gasteiger partial charge < -0.3 is 0 Å². The minimum atomic E-state index is 0.912. The van der Waals surface area contributed by atoms with Gasteiger partial charge in [0.1, 0.15) is 0 Å². The van der Waals surface area contributed by atoms with Gasteiger partial charge in [-0.3, -0.25) is 4.40 Å². The molecule has 28 heavy (non-hydrogen) atoms. The molecule has 134 valence electrons. The van der Waals surface area contributed by atoms with Crippen LogP contribution in [0.3, 0.4) is 0 Å². The van der Waals surface area contributed by atoms with E-state index >= 15 is 0 Å². The SMILES string of the molecule is Cc1ccc(C)c2sc(-c3nc4ccccc4c4cc5ccccc5n34)nc12. The quantitative estimate of drug-likeness (QED) is 0.325. The molecule has 0 aliphatic heterocycles. The van der Waals surface area contributed by atoms with E-state index < -0.39 is 0 Å². The molecule has 6 rings (SSSR count). The predicted molar refractivity (Wildman–Crippen MR) is 118 cm³/mol. The summed E-state index contributed by atoms with van der Waals surface area (Å²) in [7, 11) is 0. The summed E-state index contributed by atoms with van der Waals surface area (Å²) < 4.78 is 3.51. The highest BCUT2D eigenvalue weighted by Gasteiger charge is 2.18. The van der Waals surface area contributed by atoms with E-state index in [0.717, 1.165) is 27.3 Å². The molecule has 3 aromatic carbocycles. The average Bonchev–Trinajstić information content (AvgIpc) is 3.33. The molecular formula is C24H17N3S. The first-order valence-electron chi connectivity index (χ1n) is 9.37. The fourth-order valence-electron chi connectivity index (χ4n) is 4.03. The topological polar surface area (TPSA) is 30.2 Å². The summed E-state index contributed by atoms with van der Waals surface area (Å²) in [6, 6.07) is 23.4. The number of hydrogen-bond donors (Lipinski definition) is 0. The molecule has 0 aliphatic carbocycles. The van der Waals surface area contributed by atoms with Crippen LogP contribution in [0, 0.1) is 13.8 Å².